The molecule has 2 aromatic carbocycles. The molecule has 9 heteroatoms. The minimum atomic E-state index is -0.668. The first-order valence-corrected chi connectivity index (χ1v) is 10.3. The van der Waals surface area contributed by atoms with Crippen molar-refractivity contribution < 1.29 is 13.6 Å². The van der Waals surface area contributed by atoms with Crippen LogP contribution in [-0.2, 0) is 6.54 Å². The van der Waals surface area contributed by atoms with Crippen LogP contribution in [-0.4, -0.2) is 37.1 Å². The molecule has 0 bridgehead atoms. The fourth-order valence-corrected chi connectivity index (χ4v) is 3.60. The second-order valence-electron chi connectivity index (χ2n) is 7.52. The van der Waals surface area contributed by atoms with E-state index >= 15 is 0 Å². The summed E-state index contributed by atoms with van der Waals surface area (Å²) in [4.78, 5) is 18.4. The van der Waals surface area contributed by atoms with Crippen LogP contribution in [0, 0.1) is 11.6 Å². The number of halogens is 2. The number of anilines is 4. The Bertz CT molecular complexity index is 1080. The number of amides is 1. The lowest BCUT2D eigenvalue weighted by atomic mass is 10.1. The molecule has 32 heavy (non-hydrogen) atoms. The zero-order valence-electron chi connectivity index (χ0n) is 17.4. The van der Waals surface area contributed by atoms with Crippen molar-refractivity contribution in [1.29, 1.82) is 0 Å². The molecule has 1 amide bonds. The van der Waals surface area contributed by atoms with E-state index in [1.54, 1.807) is 6.07 Å². The van der Waals surface area contributed by atoms with Crippen LogP contribution in [0.25, 0.3) is 0 Å². The molecule has 4 rings (SSSR count). The summed E-state index contributed by atoms with van der Waals surface area (Å²) in [6, 6.07) is 12.9. The summed E-state index contributed by atoms with van der Waals surface area (Å²) in [6.45, 7) is 3.97. The third kappa shape index (κ3) is 5.30. The molecule has 1 aliphatic heterocycles. The number of rotatable bonds is 7. The van der Waals surface area contributed by atoms with Crippen molar-refractivity contribution in [2.24, 2.45) is 5.73 Å². The molecule has 5 N–H and O–H groups in total. The zero-order valence-corrected chi connectivity index (χ0v) is 17.4. The number of nitrogens with two attached hydrogens (primary N) is 1. The molecule has 1 fully saturated rings. The van der Waals surface area contributed by atoms with E-state index in [9.17, 15) is 13.6 Å². The van der Waals surface area contributed by atoms with Crippen LogP contribution in [0.15, 0.2) is 54.7 Å². The van der Waals surface area contributed by atoms with Gasteiger partial charge in [0.1, 0.15) is 17.5 Å². The minimum Gasteiger partial charge on any atom is -0.380 e. The number of carbonyl (C=O) groups excluding carboxylic acids is 1. The minimum absolute atomic E-state index is 0.109. The predicted octanol–water partition coefficient (Wildman–Crippen LogP) is 3.22. The number of nitrogens with zero attached hydrogens (tertiary/aromatic N) is 2. The number of piperazine rings is 1. The van der Waals surface area contributed by atoms with Gasteiger partial charge in [0.15, 0.2) is 0 Å². The van der Waals surface area contributed by atoms with Gasteiger partial charge in [0, 0.05) is 62.4 Å². The van der Waals surface area contributed by atoms with Crippen LogP contribution < -0.4 is 26.6 Å². The highest BCUT2D eigenvalue weighted by Crippen LogP contribution is 2.24. The number of carbonyl (C=O) groups is 1. The smallest absolute Gasteiger partial charge is 0.252 e. The van der Waals surface area contributed by atoms with Crippen molar-refractivity contribution in [3.05, 3.63) is 77.5 Å². The molecule has 166 valence electrons. The van der Waals surface area contributed by atoms with Gasteiger partial charge in [0.2, 0.25) is 0 Å². The Balaban J connectivity index is 1.48. The summed E-state index contributed by atoms with van der Waals surface area (Å²) in [5.41, 5.74) is 8.43. The van der Waals surface area contributed by atoms with Gasteiger partial charge < -0.3 is 26.6 Å². The standard InChI is InChI=1S/C23H24F2N6O/c24-16-9-15(10-17(25)11-16)13-28-21-12-22(29-14-20(21)23(26)32)30-18-1-3-19(4-2-18)31-7-5-27-6-8-31/h1-4,9-12,14,27H,5-8,13H2,(H2,26,32)(H2,28,29,30). The highest BCUT2D eigenvalue weighted by molar-refractivity contribution is 5.98. The molecule has 1 saturated heterocycles. The maximum absolute atomic E-state index is 13.4. The molecule has 7 nitrogen and oxygen atoms in total. The number of pyridine rings is 1. The van der Waals surface area contributed by atoms with Crippen LogP contribution in [0.3, 0.4) is 0 Å². The van der Waals surface area contributed by atoms with Crippen LogP contribution in [0.2, 0.25) is 0 Å². The second-order valence-corrected chi connectivity index (χ2v) is 7.52. The number of hydrogen-bond donors (Lipinski definition) is 4. The third-order valence-corrected chi connectivity index (χ3v) is 5.20. The van der Waals surface area contributed by atoms with Gasteiger partial charge in [-0.25, -0.2) is 13.8 Å². The Kier molecular flexibility index (Phi) is 6.46. The molecule has 0 saturated carbocycles. The summed E-state index contributed by atoms with van der Waals surface area (Å²) in [5, 5.41) is 9.55. The van der Waals surface area contributed by atoms with Crippen molar-refractivity contribution in [1.82, 2.24) is 10.3 Å². The molecule has 0 unspecified atom stereocenters. The number of primary amides is 1. The average Bonchev–Trinajstić information content (AvgIpc) is 2.78. The van der Waals surface area contributed by atoms with Crippen LogP contribution in [0.4, 0.5) is 31.7 Å². The molecular weight excluding hydrogens is 414 g/mol. The fourth-order valence-electron chi connectivity index (χ4n) is 3.60. The summed E-state index contributed by atoms with van der Waals surface area (Å²) in [5.74, 6) is -1.49. The van der Waals surface area contributed by atoms with Gasteiger partial charge in [0.25, 0.3) is 5.91 Å². The van der Waals surface area contributed by atoms with E-state index in [0.29, 0.717) is 17.1 Å². The zero-order chi connectivity index (χ0) is 22.5. The van der Waals surface area contributed by atoms with Crippen molar-refractivity contribution in [3.63, 3.8) is 0 Å². The molecule has 1 aromatic heterocycles. The number of benzene rings is 2. The summed E-state index contributed by atoms with van der Waals surface area (Å²) >= 11 is 0. The first-order valence-electron chi connectivity index (χ1n) is 10.3. The Morgan fingerprint density at radius 2 is 1.75 bits per heavy atom. The maximum Gasteiger partial charge on any atom is 0.252 e. The Morgan fingerprint density at radius 1 is 1.06 bits per heavy atom. The Hall–Kier alpha value is -3.72. The number of aromatic nitrogens is 1. The van der Waals surface area contributed by atoms with Crippen molar-refractivity contribution in [3.8, 4) is 0 Å². The quantitative estimate of drug-likeness (QED) is 0.453. The lowest BCUT2D eigenvalue weighted by molar-refractivity contribution is 0.100. The molecule has 3 aromatic rings. The molecule has 0 aliphatic carbocycles. The largest absolute Gasteiger partial charge is 0.380 e. The van der Waals surface area contributed by atoms with Gasteiger partial charge in [-0.2, -0.15) is 0 Å². The van der Waals surface area contributed by atoms with Gasteiger partial charge in [-0.3, -0.25) is 4.79 Å². The Morgan fingerprint density at radius 3 is 2.41 bits per heavy atom. The fraction of sp³-hybridized carbons (Fsp3) is 0.217. The summed E-state index contributed by atoms with van der Waals surface area (Å²) in [7, 11) is 0. The monoisotopic (exact) mass is 438 g/mol. The maximum atomic E-state index is 13.4. The van der Waals surface area contributed by atoms with Gasteiger partial charge in [0.05, 0.1) is 11.3 Å². The van der Waals surface area contributed by atoms with E-state index in [1.165, 1.54) is 18.3 Å². The van der Waals surface area contributed by atoms with Crippen molar-refractivity contribution >= 4 is 28.8 Å². The first-order chi connectivity index (χ1) is 15.5. The SMILES string of the molecule is NC(=O)c1cnc(Nc2ccc(N3CCNCC3)cc2)cc1NCc1cc(F)cc(F)c1. The molecule has 0 spiro atoms. The van der Waals surface area contributed by atoms with E-state index in [-0.39, 0.29) is 12.1 Å². The van der Waals surface area contributed by atoms with Crippen LogP contribution in [0.1, 0.15) is 15.9 Å². The number of hydrogen-bond acceptors (Lipinski definition) is 6. The topological polar surface area (TPSA) is 95.3 Å². The van der Waals surface area contributed by atoms with E-state index in [1.807, 2.05) is 24.3 Å². The highest BCUT2D eigenvalue weighted by atomic mass is 19.1. The van der Waals surface area contributed by atoms with Crippen molar-refractivity contribution in [2.75, 3.05) is 41.7 Å². The van der Waals surface area contributed by atoms with Gasteiger partial charge >= 0.3 is 0 Å². The molecule has 1 aliphatic rings. The van der Waals surface area contributed by atoms with E-state index in [4.69, 9.17) is 5.73 Å². The predicted molar refractivity (Wildman–Crippen MR) is 121 cm³/mol. The van der Waals surface area contributed by atoms with E-state index in [2.05, 4.69) is 25.8 Å². The summed E-state index contributed by atoms with van der Waals surface area (Å²) in [6.07, 6.45) is 1.37. The lowest BCUT2D eigenvalue weighted by Gasteiger charge is -2.29. The second kappa shape index (κ2) is 9.61. The highest BCUT2D eigenvalue weighted by Gasteiger charge is 2.12. The molecule has 0 radical (unpaired) electrons. The third-order valence-electron chi connectivity index (χ3n) is 5.20. The van der Waals surface area contributed by atoms with Gasteiger partial charge in [-0.15, -0.1) is 0 Å². The van der Waals surface area contributed by atoms with Crippen molar-refractivity contribution in [2.45, 2.75) is 6.54 Å². The molecule has 0 atom stereocenters. The normalized spacial score (nSPS) is 13.6. The lowest BCUT2D eigenvalue weighted by Crippen LogP contribution is -2.43. The van der Waals surface area contributed by atoms with E-state index < -0.39 is 17.5 Å². The van der Waals surface area contributed by atoms with Crippen LogP contribution in [0.5, 0.6) is 0 Å². The average molecular weight is 438 g/mol. The van der Waals surface area contributed by atoms with Crippen LogP contribution >= 0.6 is 0 Å². The van der Waals surface area contributed by atoms with E-state index in [0.717, 1.165) is 43.6 Å². The summed E-state index contributed by atoms with van der Waals surface area (Å²) < 4.78 is 26.9. The number of nitrogens with one attached hydrogen (secondary N) is 3. The Labute approximate surface area is 184 Å². The first kappa shape index (κ1) is 21.5. The molecular formula is C23H24F2N6O. The van der Waals surface area contributed by atoms with Gasteiger partial charge in [-0.1, -0.05) is 0 Å². The molecule has 2 heterocycles. The van der Waals surface area contributed by atoms with Gasteiger partial charge in [-0.05, 0) is 42.0 Å².